The number of hydrogen-bond donors (Lipinski definition) is 3. The highest BCUT2D eigenvalue weighted by Gasteiger charge is 2.25. The first-order chi connectivity index (χ1) is 8.30. The van der Waals surface area contributed by atoms with Crippen LogP contribution in [0.2, 0.25) is 0 Å². The van der Waals surface area contributed by atoms with Crippen molar-refractivity contribution in [3.05, 3.63) is 11.6 Å². The number of carboxylic acid groups (broad SMARTS) is 1. The van der Waals surface area contributed by atoms with Gasteiger partial charge in [-0.1, -0.05) is 18.6 Å². The zero-order chi connectivity index (χ0) is 14.2. The van der Waals surface area contributed by atoms with E-state index in [1.54, 1.807) is 11.8 Å². The highest BCUT2D eigenvalue weighted by Crippen LogP contribution is 2.34. The van der Waals surface area contributed by atoms with E-state index in [1.165, 1.54) is 5.57 Å². The van der Waals surface area contributed by atoms with E-state index in [1.807, 2.05) is 0 Å². The average molecular weight is 275 g/mol. The summed E-state index contributed by atoms with van der Waals surface area (Å²) in [4.78, 5) is 10.7. The maximum absolute atomic E-state index is 10.7. The molecule has 106 valence electrons. The highest BCUT2D eigenvalue weighted by atomic mass is 32.2. The molecule has 2 atom stereocenters. The van der Waals surface area contributed by atoms with Crippen molar-refractivity contribution in [3.63, 3.8) is 0 Å². The molecule has 0 spiro atoms. The SMILES string of the molecule is CC(C)=CCCC(C)(CCO)SC[C@H](N)C(=O)O. The molecule has 0 rings (SSSR count). The predicted molar refractivity (Wildman–Crippen MR) is 76.8 cm³/mol. The molecule has 0 aliphatic carbocycles. The maximum atomic E-state index is 10.7. The molecule has 0 fully saturated rings. The van der Waals surface area contributed by atoms with E-state index >= 15 is 0 Å². The summed E-state index contributed by atoms with van der Waals surface area (Å²) in [5, 5.41) is 17.9. The van der Waals surface area contributed by atoms with E-state index in [4.69, 9.17) is 15.9 Å². The van der Waals surface area contributed by atoms with Gasteiger partial charge in [-0.05, 0) is 33.1 Å². The van der Waals surface area contributed by atoms with Crippen molar-refractivity contribution in [1.29, 1.82) is 0 Å². The van der Waals surface area contributed by atoms with Crippen molar-refractivity contribution in [2.75, 3.05) is 12.4 Å². The van der Waals surface area contributed by atoms with Gasteiger partial charge in [-0.25, -0.2) is 0 Å². The first-order valence-electron chi connectivity index (χ1n) is 6.17. The van der Waals surface area contributed by atoms with Crippen LogP contribution in [-0.2, 0) is 4.79 Å². The second kappa shape index (κ2) is 8.56. The second-order valence-corrected chi connectivity index (χ2v) is 6.61. The Bertz CT molecular complexity index is 290. The Morgan fingerprint density at radius 3 is 2.50 bits per heavy atom. The van der Waals surface area contributed by atoms with Gasteiger partial charge in [0.2, 0.25) is 0 Å². The van der Waals surface area contributed by atoms with Gasteiger partial charge in [0.15, 0.2) is 0 Å². The molecule has 0 aliphatic heterocycles. The monoisotopic (exact) mass is 275 g/mol. The summed E-state index contributed by atoms with van der Waals surface area (Å²) in [5.41, 5.74) is 6.77. The topological polar surface area (TPSA) is 83.5 Å². The number of aliphatic hydroxyl groups is 1. The van der Waals surface area contributed by atoms with Crippen LogP contribution >= 0.6 is 11.8 Å². The van der Waals surface area contributed by atoms with E-state index in [-0.39, 0.29) is 11.4 Å². The molecule has 0 radical (unpaired) electrons. The van der Waals surface area contributed by atoms with Gasteiger partial charge in [-0.15, -0.1) is 0 Å². The van der Waals surface area contributed by atoms with Gasteiger partial charge >= 0.3 is 5.97 Å². The van der Waals surface area contributed by atoms with Crippen LogP contribution in [0.3, 0.4) is 0 Å². The summed E-state index contributed by atoms with van der Waals surface area (Å²) < 4.78 is -0.117. The van der Waals surface area contributed by atoms with Gasteiger partial charge in [-0.2, -0.15) is 11.8 Å². The number of aliphatic carboxylic acids is 1. The predicted octanol–water partition coefficient (Wildman–Crippen LogP) is 2.02. The number of carbonyl (C=O) groups is 1. The smallest absolute Gasteiger partial charge is 0.321 e. The Hall–Kier alpha value is -0.520. The van der Waals surface area contributed by atoms with Gasteiger partial charge in [0.1, 0.15) is 6.04 Å². The van der Waals surface area contributed by atoms with Crippen LogP contribution in [0, 0.1) is 0 Å². The van der Waals surface area contributed by atoms with Crippen LogP contribution in [0.4, 0.5) is 0 Å². The molecule has 0 aliphatic rings. The van der Waals surface area contributed by atoms with Crippen LogP contribution in [0.15, 0.2) is 11.6 Å². The van der Waals surface area contributed by atoms with Crippen molar-refractivity contribution in [1.82, 2.24) is 0 Å². The third kappa shape index (κ3) is 7.74. The van der Waals surface area contributed by atoms with E-state index in [9.17, 15) is 4.79 Å². The molecule has 0 aromatic carbocycles. The van der Waals surface area contributed by atoms with Crippen molar-refractivity contribution in [3.8, 4) is 0 Å². The molecule has 0 bridgehead atoms. The number of allylic oxidation sites excluding steroid dienone is 2. The van der Waals surface area contributed by atoms with Crippen LogP contribution in [0.1, 0.15) is 40.0 Å². The third-order valence-corrected chi connectivity index (χ3v) is 4.43. The van der Waals surface area contributed by atoms with Crippen molar-refractivity contribution < 1.29 is 15.0 Å². The normalized spacial score (nSPS) is 15.8. The Kier molecular flexibility index (Phi) is 8.31. The van der Waals surface area contributed by atoms with Crippen LogP contribution in [0.25, 0.3) is 0 Å². The quantitative estimate of drug-likeness (QED) is 0.561. The van der Waals surface area contributed by atoms with Gasteiger partial charge < -0.3 is 15.9 Å². The Balaban J connectivity index is 4.32. The highest BCUT2D eigenvalue weighted by molar-refractivity contribution is 8.00. The minimum Gasteiger partial charge on any atom is -0.480 e. The summed E-state index contributed by atoms with van der Waals surface area (Å²) in [7, 11) is 0. The molecular formula is C13H25NO3S. The number of thioether (sulfide) groups is 1. The Morgan fingerprint density at radius 2 is 2.06 bits per heavy atom. The number of carboxylic acids is 1. The molecule has 0 saturated carbocycles. The molecular weight excluding hydrogens is 250 g/mol. The fourth-order valence-corrected chi connectivity index (χ4v) is 2.76. The van der Waals surface area contributed by atoms with Crippen LogP contribution < -0.4 is 5.73 Å². The molecule has 0 aromatic heterocycles. The molecule has 0 aromatic rings. The summed E-state index contributed by atoms with van der Waals surface area (Å²) in [6.45, 7) is 6.27. The molecule has 0 heterocycles. The summed E-state index contributed by atoms with van der Waals surface area (Å²) >= 11 is 1.54. The summed E-state index contributed by atoms with van der Waals surface area (Å²) in [5.74, 6) is -0.598. The number of nitrogens with two attached hydrogens (primary N) is 1. The third-order valence-electron chi connectivity index (χ3n) is 2.79. The van der Waals surface area contributed by atoms with Gasteiger partial charge in [-0.3, -0.25) is 4.79 Å². The molecule has 0 saturated heterocycles. The van der Waals surface area contributed by atoms with Gasteiger partial charge in [0.05, 0.1) is 0 Å². The maximum Gasteiger partial charge on any atom is 0.321 e. The van der Waals surface area contributed by atoms with Crippen molar-refractivity contribution in [2.24, 2.45) is 5.73 Å². The van der Waals surface area contributed by atoms with Crippen LogP contribution in [0.5, 0.6) is 0 Å². The first kappa shape index (κ1) is 17.5. The average Bonchev–Trinajstić information content (AvgIpc) is 2.25. The van der Waals surface area contributed by atoms with Gasteiger partial charge in [0, 0.05) is 17.1 Å². The Labute approximate surface area is 114 Å². The van der Waals surface area contributed by atoms with E-state index in [2.05, 4.69) is 26.8 Å². The zero-order valence-electron chi connectivity index (χ0n) is 11.5. The second-order valence-electron chi connectivity index (χ2n) is 5.00. The first-order valence-corrected chi connectivity index (χ1v) is 7.16. The summed E-state index contributed by atoms with van der Waals surface area (Å²) in [6, 6.07) is -0.837. The summed E-state index contributed by atoms with van der Waals surface area (Å²) in [6.07, 6.45) is 4.66. The number of hydrogen-bond acceptors (Lipinski definition) is 4. The fraction of sp³-hybridized carbons (Fsp3) is 0.769. The fourth-order valence-electron chi connectivity index (χ4n) is 1.53. The minimum absolute atomic E-state index is 0.112. The van der Waals surface area contributed by atoms with Crippen molar-refractivity contribution >= 4 is 17.7 Å². The standard InChI is InChI=1S/C13H25NO3S/c1-10(2)5-4-6-13(3,7-8-15)18-9-11(14)12(16)17/h5,11,15H,4,6-9,14H2,1-3H3,(H,16,17)/t11-,13?/m0/s1. The lowest BCUT2D eigenvalue weighted by Crippen LogP contribution is -2.35. The molecule has 4 nitrogen and oxygen atoms in total. The molecule has 5 heteroatoms. The number of rotatable bonds is 9. The lowest BCUT2D eigenvalue weighted by molar-refractivity contribution is -0.137. The number of aliphatic hydroxyl groups excluding tert-OH is 1. The molecule has 4 N–H and O–H groups in total. The van der Waals surface area contributed by atoms with Crippen LogP contribution in [-0.4, -0.2) is 39.3 Å². The minimum atomic E-state index is -0.974. The van der Waals surface area contributed by atoms with E-state index < -0.39 is 12.0 Å². The van der Waals surface area contributed by atoms with E-state index in [0.29, 0.717) is 12.2 Å². The lowest BCUT2D eigenvalue weighted by Gasteiger charge is -2.28. The van der Waals surface area contributed by atoms with Gasteiger partial charge in [0.25, 0.3) is 0 Å². The Morgan fingerprint density at radius 1 is 1.44 bits per heavy atom. The van der Waals surface area contributed by atoms with Crippen molar-refractivity contribution in [2.45, 2.75) is 50.8 Å². The molecule has 0 amide bonds. The lowest BCUT2D eigenvalue weighted by atomic mass is 10.0. The van der Waals surface area contributed by atoms with E-state index in [0.717, 1.165) is 12.8 Å². The largest absolute Gasteiger partial charge is 0.480 e. The molecule has 1 unspecified atom stereocenters. The molecule has 18 heavy (non-hydrogen) atoms. The zero-order valence-corrected chi connectivity index (χ0v) is 12.3.